The van der Waals surface area contributed by atoms with Crippen LogP contribution < -0.4 is 0 Å². The minimum absolute atomic E-state index is 0.0599. The minimum atomic E-state index is -3.61. The molecule has 0 radical (unpaired) electrons. The maximum atomic E-state index is 12.4. The number of nitrogens with zero attached hydrogens (tertiary/aromatic N) is 2. The van der Waals surface area contributed by atoms with Crippen molar-refractivity contribution >= 4 is 44.6 Å². The molecule has 0 N–H and O–H groups in total. The zero-order valence-electron chi connectivity index (χ0n) is 10.2. The average molecular weight is 339 g/mol. The Morgan fingerprint density at radius 1 is 1.42 bits per heavy atom. The van der Waals surface area contributed by atoms with Crippen molar-refractivity contribution in [3.8, 4) is 6.07 Å². The number of thiophene rings is 1. The lowest BCUT2D eigenvalue weighted by Gasteiger charge is -2.33. The smallest absolute Gasteiger partial charge is 0.207 e. The first kappa shape index (κ1) is 15.1. The highest BCUT2D eigenvalue weighted by atomic mass is 35.5. The molecule has 1 aromatic rings. The van der Waals surface area contributed by atoms with E-state index in [0.29, 0.717) is 30.3 Å². The Bertz CT molecular complexity index is 626. The zero-order chi connectivity index (χ0) is 14.3. The molecule has 8 heteroatoms. The highest BCUT2D eigenvalue weighted by molar-refractivity contribution is 7.89. The normalized spacial score (nSPS) is 20.1. The summed E-state index contributed by atoms with van der Waals surface area (Å²) in [6.07, 6.45) is 1.05. The van der Waals surface area contributed by atoms with Crippen LogP contribution in [0.4, 0.5) is 0 Å². The first-order valence-electron chi connectivity index (χ1n) is 5.65. The van der Waals surface area contributed by atoms with E-state index in [1.54, 1.807) is 0 Å². The number of hydrogen-bond donors (Lipinski definition) is 0. The summed E-state index contributed by atoms with van der Waals surface area (Å²) in [7, 11) is -3.61. The van der Waals surface area contributed by atoms with Gasteiger partial charge >= 0.3 is 0 Å². The molecule has 0 unspecified atom stereocenters. The lowest BCUT2D eigenvalue weighted by molar-refractivity contribution is 0.232. The van der Waals surface area contributed by atoms with Gasteiger partial charge in [-0.05, 0) is 25.8 Å². The van der Waals surface area contributed by atoms with Crippen LogP contribution in [-0.2, 0) is 10.0 Å². The number of rotatable bonds is 2. The van der Waals surface area contributed by atoms with Gasteiger partial charge < -0.3 is 0 Å². The Morgan fingerprint density at radius 2 is 2.00 bits per heavy atom. The topological polar surface area (TPSA) is 61.2 Å². The van der Waals surface area contributed by atoms with Crippen molar-refractivity contribution in [2.75, 3.05) is 13.1 Å². The molecule has 19 heavy (non-hydrogen) atoms. The van der Waals surface area contributed by atoms with E-state index in [0.717, 1.165) is 11.3 Å². The molecule has 0 amide bonds. The van der Waals surface area contributed by atoms with Crippen molar-refractivity contribution in [1.82, 2.24) is 4.31 Å². The maximum absolute atomic E-state index is 12.4. The van der Waals surface area contributed by atoms with Gasteiger partial charge in [-0.3, -0.25) is 0 Å². The van der Waals surface area contributed by atoms with Crippen molar-refractivity contribution in [3.05, 3.63) is 14.7 Å². The summed E-state index contributed by atoms with van der Waals surface area (Å²) in [4.78, 5) is 0.0599. The summed E-state index contributed by atoms with van der Waals surface area (Å²) in [5, 5.41) is 9.05. The van der Waals surface area contributed by atoms with Gasteiger partial charge in [-0.2, -0.15) is 9.57 Å². The largest absolute Gasteiger partial charge is 0.245 e. The molecule has 0 spiro atoms. The van der Waals surface area contributed by atoms with Gasteiger partial charge in [-0.1, -0.05) is 23.2 Å². The van der Waals surface area contributed by atoms with Crippen molar-refractivity contribution in [1.29, 1.82) is 5.26 Å². The molecular weight excluding hydrogens is 327 g/mol. The number of sulfonamides is 1. The molecule has 1 saturated heterocycles. The first-order chi connectivity index (χ1) is 8.78. The summed E-state index contributed by atoms with van der Waals surface area (Å²) < 4.78 is 26.8. The molecule has 0 aromatic carbocycles. The molecular formula is C11H12Cl2N2O2S2. The van der Waals surface area contributed by atoms with Crippen molar-refractivity contribution in [2.45, 2.75) is 24.7 Å². The summed E-state index contributed by atoms with van der Waals surface area (Å²) in [5.74, 6) is 0. The summed E-state index contributed by atoms with van der Waals surface area (Å²) in [6, 6.07) is 3.62. The van der Waals surface area contributed by atoms with Crippen molar-refractivity contribution < 1.29 is 8.42 Å². The van der Waals surface area contributed by atoms with Crippen LogP contribution in [0.5, 0.6) is 0 Å². The van der Waals surface area contributed by atoms with Crippen LogP contribution in [0.1, 0.15) is 19.8 Å². The van der Waals surface area contributed by atoms with Gasteiger partial charge in [-0.25, -0.2) is 8.42 Å². The molecule has 0 aliphatic carbocycles. The maximum Gasteiger partial charge on any atom is 0.245 e. The zero-order valence-corrected chi connectivity index (χ0v) is 13.3. The summed E-state index contributed by atoms with van der Waals surface area (Å²) in [6.45, 7) is 2.51. The van der Waals surface area contributed by atoms with Crippen LogP contribution in [0, 0.1) is 16.7 Å². The SMILES string of the molecule is CC1(C#N)CCN(S(=O)(=O)c2cc(Cl)sc2Cl)CC1. The molecule has 1 aromatic heterocycles. The second kappa shape index (κ2) is 5.23. The summed E-state index contributed by atoms with van der Waals surface area (Å²) >= 11 is 12.7. The molecule has 104 valence electrons. The number of hydrogen-bond acceptors (Lipinski definition) is 4. The van der Waals surface area contributed by atoms with Crippen molar-refractivity contribution in [2.24, 2.45) is 5.41 Å². The van der Waals surface area contributed by atoms with Crippen LogP contribution >= 0.6 is 34.5 Å². The molecule has 1 aliphatic rings. The Balaban J connectivity index is 2.24. The van der Waals surface area contributed by atoms with Gasteiger partial charge in [0.05, 0.1) is 15.8 Å². The predicted molar refractivity (Wildman–Crippen MR) is 76.1 cm³/mol. The fourth-order valence-electron chi connectivity index (χ4n) is 1.97. The van der Waals surface area contributed by atoms with E-state index in [1.807, 2.05) is 6.92 Å². The highest BCUT2D eigenvalue weighted by Crippen LogP contribution is 2.38. The Labute approximate surface area is 126 Å². The van der Waals surface area contributed by atoms with Gasteiger partial charge in [0.1, 0.15) is 9.23 Å². The van der Waals surface area contributed by atoms with Gasteiger partial charge in [0, 0.05) is 13.1 Å². The third-order valence-corrected chi connectivity index (χ3v) is 6.99. The molecule has 0 atom stereocenters. The fraction of sp³-hybridized carbons (Fsp3) is 0.545. The quantitative estimate of drug-likeness (QED) is 0.830. The average Bonchev–Trinajstić information content (AvgIpc) is 2.70. The molecule has 1 fully saturated rings. The van der Waals surface area contributed by atoms with E-state index >= 15 is 0 Å². The third kappa shape index (κ3) is 2.91. The van der Waals surface area contributed by atoms with E-state index in [4.69, 9.17) is 28.5 Å². The Hall–Kier alpha value is -0.320. The van der Waals surface area contributed by atoms with Crippen LogP contribution in [0.15, 0.2) is 11.0 Å². The molecule has 2 heterocycles. The Morgan fingerprint density at radius 3 is 2.42 bits per heavy atom. The van der Waals surface area contributed by atoms with Crippen molar-refractivity contribution in [3.63, 3.8) is 0 Å². The monoisotopic (exact) mass is 338 g/mol. The van der Waals surface area contributed by atoms with Crippen LogP contribution in [-0.4, -0.2) is 25.8 Å². The predicted octanol–water partition coefficient (Wildman–Crippen LogP) is 3.37. The lowest BCUT2D eigenvalue weighted by atomic mass is 9.83. The second-order valence-electron chi connectivity index (χ2n) is 4.77. The standard InChI is InChI=1S/C11H12Cl2N2O2S2/c1-11(7-14)2-4-15(5-3-11)19(16,17)8-6-9(12)18-10(8)13/h6H,2-5H2,1H3. The third-order valence-electron chi connectivity index (χ3n) is 3.34. The van der Waals surface area contributed by atoms with Crippen LogP contribution in [0.3, 0.4) is 0 Å². The first-order valence-corrected chi connectivity index (χ1v) is 8.66. The van der Waals surface area contributed by atoms with Crippen LogP contribution in [0.2, 0.25) is 8.67 Å². The van der Waals surface area contributed by atoms with Gasteiger partial charge in [0.25, 0.3) is 0 Å². The molecule has 2 rings (SSSR count). The van der Waals surface area contributed by atoms with Gasteiger partial charge in [0.15, 0.2) is 0 Å². The fourth-order valence-corrected chi connectivity index (χ4v) is 5.53. The number of halogens is 2. The van der Waals surface area contributed by atoms with Gasteiger partial charge in [0.2, 0.25) is 10.0 Å². The van der Waals surface area contributed by atoms with Gasteiger partial charge in [-0.15, -0.1) is 11.3 Å². The van der Waals surface area contributed by atoms with E-state index in [9.17, 15) is 8.42 Å². The van der Waals surface area contributed by atoms with Crippen LogP contribution in [0.25, 0.3) is 0 Å². The van der Waals surface area contributed by atoms with E-state index in [-0.39, 0.29) is 9.23 Å². The molecule has 0 saturated carbocycles. The number of nitriles is 1. The van der Waals surface area contributed by atoms with E-state index in [2.05, 4.69) is 6.07 Å². The number of piperidine rings is 1. The lowest BCUT2D eigenvalue weighted by Crippen LogP contribution is -2.41. The molecule has 0 bridgehead atoms. The summed E-state index contributed by atoms with van der Waals surface area (Å²) in [5.41, 5.74) is -0.442. The van der Waals surface area contributed by atoms with E-state index in [1.165, 1.54) is 10.4 Å². The second-order valence-corrected chi connectivity index (χ2v) is 8.96. The molecule has 1 aliphatic heterocycles. The molecule has 4 nitrogen and oxygen atoms in total. The minimum Gasteiger partial charge on any atom is -0.207 e. The highest BCUT2D eigenvalue weighted by Gasteiger charge is 2.36. The Kier molecular flexibility index (Phi) is 4.15. The van der Waals surface area contributed by atoms with E-state index < -0.39 is 15.4 Å².